The van der Waals surface area contributed by atoms with E-state index in [2.05, 4.69) is 4.98 Å². The van der Waals surface area contributed by atoms with Gasteiger partial charge in [0.2, 0.25) is 0 Å². The minimum atomic E-state index is -1.04. The Kier molecular flexibility index (Phi) is 6.64. The Morgan fingerprint density at radius 1 is 0.842 bits per heavy atom. The molecule has 4 aromatic rings. The lowest BCUT2D eigenvalue weighted by atomic mass is 9.94. The molecule has 1 atom stereocenters. The van der Waals surface area contributed by atoms with Crippen LogP contribution in [0.3, 0.4) is 0 Å². The molecule has 1 aliphatic rings. The monoisotopic (exact) mass is 532 g/mol. The van der Waals surface area contributed by atoms with Crippen LogP contribution in [-0.4, -0.2) is 50.2 Å². The number of Topliss-reactive ketones (excluding diaryl/α,β-unsaturated/α-hetero) is 1. The first-order valence-electron chi connectivity index (χ1n) is 11.5. The number of hydrogen-bond acceptors (Lipinski definition) is 9. The third-order valence-corrected chi connectivity index (χ3v) is 7.35. The van der Waals surface area contributed by atoms with E-state index in [9.17, 15) is 14.7 Å². The fourth-order valence-corrected chi connectivity index (χ4v) is 5.43. The third kappa shape index (κ3) is 4.18. The van der Waals surface area contributed by atoms with Gasteiger partial charge >= 0.3 is 5.91 Å². The van der Waals surface area contributed by atoms with E-state index in [0.717, 1.165) is 4.70 Å². The van der Waals surface area contributed by atoms with Crippen LogP contribution in [0.2, 0.25) is 0 Å². The molecule has 0 radical (unpaired) electrons. The maximum absolute atomic E-state index is 13.6. The standard InChI is InChI=1S/C28H24N2O7S/c1-34-16-7-5-15(6-8-16)25(31)23-24(19-13-17(35-2)10-12-21(19)37-4)30(27(33)26(23)32)28-29-20-11-9-18(36-3)14-22(20)38-28/h5-14,24,31H,1-4H3/b25-23+/t24-/m1/s1. The Morgan fingerprint density at radius 2 is 1.47 bits per heavy atom. The molecule has 1 aromatic heterocycles. The van der Waals surface area contributed by atoms with Gasteiger partial charge in [-0.1, -0.05) is 11.3 Å². The Hall–Kier alpha value is -4.57. The van der Waals surface area contributed by atoms with Crippen molar-refractivity contribution in [3.63, 3.8) is 0 Å². The molecular weight excluding hydrogens is 508 g/mol. The summed E-state index contributed by atoms with van der Waals surface area (Å²) < 4.78 is 22.3. The molecule has 0 unspecified atom stereocenters. The molecule has 1 amide bonds. The number of ether oxygens (including phenoxy) is 4. The van der Waals surface area contributed by atoms with E-state index in [1.807, 2.05) is 6.07 Å². The molecule has 1 saturated heterocycles. The average molecular weight is 533 g/mol. The van der Waals surface area contributed by atoms with Crippen LogP contribution in [0.4, 0.5) is 5.13 Å². The first kappa shape index (κ1) is 25.1. The lowest BCUT2D eigenvalue weighted by molar-refractivity contribution is -0.132. The van der Waals surface area contributed by atoms with Gasteiger partial charge in [0.05, 0.1) is 44.2 Å². The number of ketones is 1. The number of hydrogen-bond donors (Lipinski definition) is 1. The molecule has 3 aromatic carbocycles. The largest absolute Gasteiger partial charge is 0.507 e. The second kappa shape index (κ2) is 10.1. The summed E-state index contributed by atoms with van der Waals surface area (Å²) in [5, 5.41) is 11.7. The number of aromatic nitrogens is 1. The fourth-order valence-electron chi connectivity index (χ4n) is 4.40. The average Bonchev–Trinajstić information content (AvgIpc) is 3.49. The summed E-state index contributed by atoms with van der Waals surface area (Å²) in [7, 11) is 6.10. The zero-order valence-electron chi connectivity index (χ0n) is 21.1. The van der Waals surface area contributed by atoms with Gasteiger partial charge in [-0.25, -0.2) is 4.98 Å². The predicted molar refractivity (Wildman–Crippen MR) is 143 cm³/mol. The molecule has 1 N–H and O–H groups in total. The second-order valence-corrected chi connectivity index (χ2v) is 9.34. The number of aliphatic hydroxyl groups excluding tert-OH is 1. The number of nitrogens with zero attached hydrogens (tertiary/aromatic N) is 2. The summed E-state index contributed by atoms with van der Waals surface area (Å²) in [4.78, 5) is 33.0. The van der Waals surface area contributed by atoms with E-state index in [1.165, 1.54) is 37.6 Å². The summed E-state index contributed by atoms with van der Waals surface area (Å²) >= 11 is 1.24. The van der Waals surface area contributed by atoms with Gasteiger partial charge in [-0.3, -0.25) is 14.5 Å². The van der Waals surface area contributed by atoms with Crippen LogP contribution < -0.4 is 23.8 Å². The molecule has 1 aliphatic heterocycles. The Morgan fingerprint density at radius 3 is 2.13 bits per heavy atom. The van der Waals surface area contributed by atoms with Crippen LogP contribution in [0.15, 0.2) is 66.2 Å². The van der Waals surface area contributed by atoms with Crippen LogP contribution in [-0.2, 0) is 9.59 Å². The molecule has 10 heteroatoms. The molecule has 194 valence electrons. The van der Waals surface area contributed by atoms with Crippen molar-refractivity contribution in [1.82, 2.24) is 4.98 Å². The van der Waals surface area contributed by atoms with Gasteiger partial charge in [-0.2, -0.15) is 0 Å². The zero-order chi connectivity index (χ0) is 27.0. The van der Waals surface area contributed by atoms with Crippen LogP contribution in [0, 0.1) is 0 Å². The highest BCUT2D eigenvalue weighted by Crippen LogP contribution is 2.47. The summed E-state index contributed by atoms with van der Waals surface area (Å²) in [5.74, 6) is 0.131. The Bertz CT molecular complexity index is 1580. The lowest BCUT2D eigenvalue weighted by Crippen LogP contribution is -2.29. The Labute approximate surface area is 222 Å². The smallest absolute Gasteiger partial charge is 0.301 e. The molecule has 1 fully saturated rings. The minimum absolute atomic E-state index is 0.0939. The summed E-state index contributed by atoms with van der Waals surface area (Å²) in [6.07, 6.45) is 0. The van der Waals surface area contributed by atoms with Gasteiger partial charge in [0.25, 0.3) is 5.78 Å². The van der Waals surface area contributed by atoms with E-state index in [-0.39, 0.29) is 11.3 Å². The predicted octanol–water partition coefficient (Wildman–Crippen LogP) is 4.96. The minimum Gasteiger partial charge on any atom is -0.507 e. The quantitative estimate of drug-likeness (QED) is 0.202. The molecule has 0 aliphatic carbocycles. The second-order valence-electron chi connectivity index (χ2n) is 8.34. The topological polar surface area (TPSA) is 107 Å². The van der Waals surface area contributed by atoms with Gasteiger partial charge in [0, 0.05) is 11.1 Å². The van der Waals surface area contributed by atoms with E-state index in [4.69, 9.17) is 18.9 Å². The van der Waals surface area contributed by atoms with Crippen molar-refractivity contribution in [3.8, 4) is 23.0 Å². The van der Waals surface area contributed by atoms with Crippen molar-refractivity contribution in [2.24, 2.45) is 0 Å². The van der Waals surface area contributed by atoms with Gasteiger partial charge in [-0.15, -0.1) is 0 Å². The molecule has 38 heavy (non-hydrogen) atoms. The van der Waals surface area contributed by atoms with Crippen molar-refractivity contribution in [2.45, 2.75) is 6.04 Å². The van der Waals surface area contributed by atoms with Crippen molar-refractivity contribution in [3.05, 3.63) is 77.4 Å². The van der Waals surface area contributed by atoms with Crippen molar-refractivity contribution in [2.75, 3.05) is 33.3 Å². The van der Waals surface area contributed by atoms with Crippen molar-refractivity contribution >= 4 is 44.1 Å². The molecule has 0 saturated carbocycles. The molecule has 0 bridgehead atoms. The fraction of sp³-hybridized carbons (Fsp3) is 0.179. The number of amides is 1. The van der Waals surface area contributed by atoms with E-state index >= 15 is 0 Å². The highest BCUT2D eigenvalue weighted by atomic mass is 32.1. The molecule has 9 nitrogen and oxygen atoms in total. The molecule has 2 heterocycles. The van der Waals surface area contributed by atoms with Gasteiger partial charge in [0.1, 0.15) is 34.8 Å². The number of carbonyl (C=O) groups excluding carboxylic acids is 2. The highest BCUT2D eigenvalue weighted by molar-refractivity contribution is 7.22. The number of aliphatic hydroxyl groups is 1. The summed E-state index contributed by atoms with van der Waals surface area (Å²) in [6.45, 7) is 0. The number of benzene rings is 3. The van der Waals surface area contributed by atoms with Gasteiger partial charge < -0.3 is 24.1 Å². The van der Waals surface area contributed by atoms with Crippen molar-refractivity contribution < 1.29 is 33.6 Å². The first-order valence-corrected chi connectivity index (χ1v) is 12.3. The number of anilines is 1. The van der Waals surface area contributed by atoms with Crippen LogP contribution >= 0.6 is 11.3 Å². The van der Waals surface area contributed by atoms with E-state index < -0.39 is 17.7 Å². The summed E-state index contributed by atoms with van der Waals surface area (Å²) in [6, 6.07) is 16.0. The van der Waals surface area contributed by atoms with E-state index in [0.29, 0.717) is 44.8 Å². The van der Waals surface area contributed by atoms with E-state index in [1.54, 1.807) is 61.7 Å². The zero-order valence-corrected chi connectivity index (χ0v) is 21.9. The number of rotatable bonds is 7. The van der Waals surface area contributed by atoms with Crippen LogP contribution in [0.5, 0.6) is 23.0 Å². The number of carbonyl (C=O) groups is 2. The normalized spacial score (nSPS) is 16.6. The summed E-state index contributed by atoms with van der Waals surface area (Å²) in [5.41, 5.74) is 1.35. The number of thiazole rings is 1. The molecular formula is C28H24N2O7S. The lowest BCUT2D eigenvalue weighted by Gasteiger charge is -2.25. The SMILES string of the molecule is COc1ccc(/C(O)=C2\C(=O)C(=O)N(c3nc4ccc(OC)cc4s3)[C@@H]2c2cc(OC)ccc2OC)cc1. The molecule has 5 rings (SSSR count). The Balaban J connectivity index is 1.76. The number of methoxy groups -OCH3 is 4. The van der Waals surface area contributed by atoms with Gasteiger partial charge in [-0.05, 0) is 60.7 Å². The highest BCUT2D eigenvalue weighted by Gasteiger charge is 2.49. The maximum atomic E-state index is 13.6. The van der Waals surface area contributed by atoms with Gasteiger partial charge in [0.15, 0.2) is 5.13 Å². The maximum Gasteiger partial charge on any atom is 0.301 e. The van der Waals surface area contributed by atoms with Crippen LogP contribution in [0.1, 0.15) is 17.2 Å². The molecule has 0 spiro atoms. The van der Waals surface area contributed by atoms with Crippen LogP contribution in [0.25, 0.3) is 16.0 Å². The first-order chi connectivity index (χ1) is 18.4. The third-order valence-electron chi connectivity index (χ3n) is 6.33. The van der Waals surface area contributed by atoms with Crippen molar-refractivity contribution in [1.29, 1.82) is 0 Å². The number of fused-ring (bicyclic) bond motifs is 1.